The average molecular weight is 335 g/mol. The van der Waals surface area contributed by atoms with Crippen LogP contribution in [0.5, 0.6) is 5.75 Å². The third-order valence-corrected chi connectivity index (χ3v) is 3.53. The van der Waals surface area contributed by atoms with E-state index in [4.69, 9.17) is 4.74 Å². The van der Waals surface area contributed by atoms with Crippen molar-refractivity contribution in [2.75, 3.05) is 6.61 Å². The van der Waals surface area contributed by atoms with E-state index in [1.54, 1.807) is 31.3 Å². The summed E-state index contributed by atoms with van der Waals surface area (Å²) in [6, 6.07) is 4.84. The topological polar surface area (TPSA) is 47.9 Å². The van der Waals surface area contributed by atoms with Crippen molar-refractivity contribution in [1.82, 2.24) is 15.0 Å². The number of aromatic nitrogens is 3. The van der Waals surface area contributed by atoms with Gasteiger partial charge in [-0.05, 0) is 43.4 Å². The molecule has 0 saturated heterocycles. The lowest BCUT2D eigenvalue weighted by atomic mass is 10.00. The smallest absolute Gasteiger partial charge is 0.284 e. The Labute approximate surface area is 141 Å². The van der Waals surface area contributed by atoms with Crippen LogP contribution in [-0.2, 0) is 0 Å². The Balaban J connectivity index is 2.21. The van der Waals surface area contributed by atoms with Gasteiger partial charge >= 0.3 is 0 Å². The maximum Gasteiger partial charge on any atom is 0.284 e. The Bertz CT molecular complexity index is 677. The Hall–Kier alpha value is -2.11. The lowest BCUT2D eigenvalue weighted by Gasteiger charge is -2.17. The molecule has 6 heteroatoms. The lowest BCUT2D eigenvalue weighted by Crippen LogP contribution is -2.12. The highest BCUT2D eigenvalue weighted by Gasteiger charge is 2.19. The number of rotatable bonds is 7. The highest BCUT2D eigenvalue weighted by atomic mass is 19.3. The standard InChI is InChI=1S/C18H23F2N3O/c1-11(2)9-12(3)10-24-16-6-5-14(23-17(16)18(19)20)15-7-8-21-13(4)22-15/h5-8,11-12,18H,9-10H2,1-4H3/t12-/m1/s1. The van der Waals surface area contributed by atoms with Crippen LogP contribution < -0.4 is 4.74 Å². The van der Waals surface area contributed by atoms with E-state index in [1.807, 2.05) is 6.92 Å². The number of ether oxygens (including phenoxy) is 1. The van der Waals surface area contributed by atoms with E-state index in [0.717, 1.165) is 6.42 Å². The van der Waals surface area contributed by atoms with E-state index in [-0.39, 0.29) is 11.4 Å². The van der Waals surface area contributed by atoms with Crippen LogP contribution in [0.25, 0.3) is 11.4 Å². The second kappa shape index (κ2) is 8.13. The Morgan fingerprint density at radius 1 is 1.04 bits per heavy atom. The zero-order chi connectivity index (χ0) is 17.7. The van der Waals surface area contributed by atoms with Crippen LogP contribution >= 0.6 is 0 Å². The van der Waals surface area contributed by atoms with Gasteiger partial charge in [-0.25, -0.2) is 23.7 Å². The van der Waals surface area contributed by atoms with Crippen molar-refractivity contribution in [1.29, 1.82) is 0 Å². The fourth-order valence-corrected chi connectivity index (χ4v) is 2.59. The van der Waals surface area contributed by atoms with Gasteiger partial charge in [-0.2, -0.15) is 0 Å². The van der Waals surface area contributed by atoms with E-state index < -0.39 is 6.43 Å². The van der Waals surface area contributed by atoms with Gasteiger partial charge in [-0.1, -0.05) is 20.8 Å². The first-order chi connectivity index (χ1) is 11.4. The zero-order valence-corrected chi connectivity index (χ0v) is 14.5. The van der Waals surface area contributed by atoms with Gasteiger partial charge in [0.15, 0.2) is 0 Å². The molecule has 0 N–H and O–H groups in total. The summed E-state index contributed by atoms with van der Waals surface area (Å²) in [5.41, 5.74) is 0.558. The van der Waals surface area contributed by atoms with Gasteiger partial charge < -0.3 is 4.74 Å². The summed E-state index contributed by atoms with van der Waals surface area (Å²) in [5, 5.41) is 0. The van der Waals surface area contributed by atoms with Crippen molar-refractivity contribution in [3.8, 4) is 17.1 Å². The van der Waals surface area contributed by atoms with Crippen LogP contribution in [0.2, 0.25) is 0 Å². The minimum Gasteiger partial charge on any atom is -0.491 e. The molecule has 0 aliphatic carbocycles. The van der Waals surface area contributed by atoms with Gasteiger partial charge in [0, 0.05) is 6.20 Å². The van der Waals surface area contributed by atoms with Crippen molar-refractivity contribution in [3.05, 3.63) is 35.9 Å². The fourth-order valence-electron chi connectivity index (χ4n) is 2.59. The Morgan fingerprint density at radius 3 is 2.38 bits per heavy atom. The third kappa shape index (κ3) is 4.94. The molecular formula is C18H23F2N3O. The highest BCUT2D eigenvalue weighted by Crippen LogP contribution is 2.30. The van der Waals surface area contributed by atoms with Crippen LogP contribution in [0, 0.1) is 18.8 Å². The molecule has 1 atom stereocenters. The quantitative estimate of drug-likeness (QED) is 0.726. The molecule has 0 aliphatic rings. The zero-order valence-electron chi connectivity index (χ0n) is 14.5. The summed E-state index contributed by atoms with van der Waals surface area (Å²) in [6.07, 6.45) is -0.141. The minimum atomic E-state index is -2.71. The molecule has 0 fully saturated rings. The summed E-state index contributed by atoms with van der Waals surface area (Å²) < 4.78 is 32.3. The minimum absolute atomic E-state index is 0.134. The summed E-state index contributed by atoms with van der Waals surface area (Å²) in [7, 11) is 0. The molecule has 0 spiro atoms. The molecular weight excluding hydrogens is 312 g/mol. The molecule has 2 aromatic rings. The predicted molar refractivity (Wildman–Crippen MR) is 89.1 cm³/mol. The normalized spacial score (nSPS) is 12.7. The maximum absolute atomic E-state index is 13.4. The van der Waals surface area contributed by atoms with Crippen LogP contribution in [-0.4, -0.2) is 21.6 Å². The van der Waals surface area contributed by atoms with E-state index in [0.29, 0.717) is 35.7 Å². The molecule has 0 saturated carbocycles. The first-order valence-corrected chi connectivity index (χ1v) is 8.08. The molecule has 4 nitrogen and oxygen atoms in total. The molecule has 0 radical (unpaired) electrons. The molecule has 2 heterocycles. The highest BCUT2D eigenvalue weighted by molar-refractivity contribution is 5.55. The van der Waals surface area contributed by atoms with Crippen LogP contribution in [0.15, 0.2) is 24.4 Å². The number of nitrogens with zero attached hydrogens (tertiary/aromatic N) is 3. The van der Waals surface area contributed by atoms with Gasteiger partial charge in [0.05, 0.1) is 18.0 Å². The van der Waals surface area contributed by atoms with Crippen LogP contribution in [0.3, 0.4) is 0 Å². The molecule has 0 unspecified atom stereocenters. The first kappa shape index (κ1) is 18.2. The van der Waals surface area contributed by atoms with Crippen molar-refractivity contribution in [2.24, 2.45) is 11.8 Å². The average Bonchev–Trinajstić information content (AvgIpc) is 2.52. The lowest BCUT2D eigenvalue weighted by molar-refractivity contribution is 0.137. The molecule has 0 bridgehead atoms. The number of hydrogen-bond acceptors (Lipinski definition) is 4. The van der Waals surface area contributed by atoms with E-state index in [9.17, 15) is 8.78 Å². The third-order valence-electron chi connectivity index (χ3n) is 3.53. The Kier molecular flexibility index (Phi) is 6.17. The molecule has 2 rings (SSSR count). The van der Waals surface area contributed by atoms with Crippen molar-refractivity contribution >= 4 is 0 Å². The van der Waals surface area contributed by atoms with Gasteiger partial charge in [0.1, 0.15) is 17.3 Å². The van der Waals surface area contributed by atoms with E-state index in [1.165, 1.54) is 0 Å². The monoisotopic (exact) mass is 335 g/mol. The summed E-state index contributed by atoms with van der Waals surface area (Å²) in [4.78, 5) is 12.3. The largest absolute Gasteiger partial charge is 0.491 e. The summed E-state index contributed by atoms with van der Waals surface area (Å²) in [5.74, 6) is 1.53. The fraction of sp³-hybridized carbons (Fsp3) is 0.500. The Morgan fingerprint density at radius 2 is 1.75 bits per heavy atom. The van der Waals surface area contributed by atoms with Crippen molar-refractivity contribution in [3.63, 3.8) is 0 Å². The van der Waals surface area contributed by atoms with Crippen molar-refractivity contribution < 1.29 is 13.5 Å². The molecule has 0 aromatic carbocycles. The number of aryl methyl sites for hydroxylation is 1. The van der Waals surface area contributed by atoms with E-state index >= 15 is 0 Å². The van der Waals surface area contributed by atoms with Crippen molar-refractivity contribution in [2.45, 2.75) is 40.5 Å². The van der Waals surface area contributed by atoms with Crippen LogP contribution in [0.4, 0.5) is 8.78 Å². The van der Waals surface area contributed by atoms with E-state index in [2.05, 4.69) is 28.8 Å². The molecule has 130 valence electrons. The molecule has 24 heavy (non-hydrogen) atoms. The molecule has 0 amide bonds. The van der Waals surface area contributed by atoms with Gasteiger partial charge in [-0.3, -0.25) is 0 Å². The number of alkyl halides is 2. The van der Waals surface area contributed by atoms with Gasteiger partial charge in [-0.15, -0.1) is 0 Å². The SMILES string of the molecule is Cc1nccc(-c2ccc(OC[C@H](C)CC(C)C)c(C(F)F)n2)n1. The summed E-state index contributed by atoms with van der Waals surface area (Å²) in [6.45, 7) is 8.44. The van der Waals surface area contributed by atoms with Gasteiger partial charge in [0.25, 0.3) is 6.43 Å². The number of halogens is 2. The maximum atomic E-state index is 13.4. The molecule has 2 aromatic heterocycles. The second-order valence-corrected chi connectivity index (χ2v) is 6.42. The van der Waals surface area contributed by atoms with Crippen LogP contribution in [0.1, 0.15) is 45.1 Å². The number of pyridine rings is 1. The van der Waals surface area contributed by atoms with Gasteiger partial charge in [0.2, 0.25) is 0 Å². The predicted octanol–water partition coefficient (Wildman–Crippen LogP) is 4.85. The first-order valence-electron chi connectivity index (χ1n) is 8.08. The summed E-state index contributed by atoms with van der Waals surface area (Å²) >= 11 is 0. The number of hydrogen-bond donors (Lipinski definition) is 0. The second-order valence-electron chi connectivity index (χ2n) is 6.42. The molecule has 0 aliphatic heterocycles.